The van der Waals surface area contributed by atoms with Crippen LogP contribution < -0.4 is 5.32 Å². The first-order valence-electron chi connectivity index (χ1n) is 7.84. The summed E-state index contributed by atoms with van der Waals surface area (Å²) in [7, 11) is 0. The Morgan fingerprint density at radius 3 is 2.81 bits per heavy atom. The van der Waals surface area contributed by atoms with Gasteiger partial charge < -0.3 is 0 Å². The Morgan fingerprint density at radius 2 is 1.92 bits per heavy atom. The molecule has 26 heavy (non-hydrogen) atoms. The minimum Gasteiger partial charge on any atom is -0.291 e. The van der Waals surface area contributed by atoms with Crippen LogP contribution in [0.25, 0.3) is 22.2 Å². The quantitative estimate of drug-likeness (QED) is 0.551. The van der Waals surface area contributed by atoms with Crippen molar-refractivity contribution in [3.8, 4) is 10.4 Å². The largest absolute Gasteiger partial charge is 0.291 e. The molecule has 0 bridgehead atoms. The van der Waals surface area contributed by atoms with E-state index < -0.39 is 0 Å². The molecule has 0 aliphatic rings. The summed E-state index contributed by atoms with van der Waals surface area (Å²) in [4.78, 5) is 13.8. The SMILES string of the molecule is O=C(C=Cc1ccc(-c2ccccc2F)s1)Nc1nnc2ccccn12. The molecule has 5 nitrogen and oxygen atoms in total. The van der Waals surface area contributed by atoms with Crippen molar-refractivity contribution in [3.63, 3.8) is 0 Å². The number of aromatic nitrogens is 3. The summed E-state index contributed by atoms with van der Waals surface area (Å²) in [6.45, 7) is 0. The van der Waals surface area contributed by atoms with Crippen LogP contribution in [-0.4, -0.2) is 20.5 Å². The number of benzene rings is 1. The van der Waals surface area contributed by atoms with E-state index in [-0.39, 0.29) is 11.7 Å². The lowest BCUT2D eigenvalue weighted by Gasteiger charge is -1.99. The number of nitrogens with one attached hydrogen (secondary N) is 1. The van der Waals surface area contributed by atoms with Crippen LogP contribution in [0.3, 0.4) is 0 Å². The summed E-state index contributed by atoms with van der Waals surface area (Å²) in [5, 5.41) is 10.6. The van der Waals surface area contributed by atoms with Gasteiger partial charge in [0.05, 0.1) is 0 Å². The molecule has 0 saturated heterocycles. The van der Waals surface area contributed by atoms with Gasteiger partial charge in [-0.1, -0.05) is 24.3 Å². The highest BCUT2D eigenvalue weighted by Gasteiger charge is 2.08. The summed E-state index contributed by atoms with van der Waals surface area (Å²) in [5.41, 5.74) is 1.20. The highest BCUT2D eigenvalue weighted by Crippen LogP contribution is 2.30. The van der Waals surface area contributed by atoms with Crippen LogP contribution in [0.5, 0.6) is 0 Å². The standard InChI is InChI=1S/C19H13FN4OS/c20-15-6-2-1-5-14(15)16-10-8-13(26-16)9-11-18(25)21-19-23-22-17-7-3-4-12-24(17)19/h1-12H,(H,21,23,25). The van der Waals surface area contributed by atoms with Crippen LogP contribution in [0.4, 0.5) is 10.3 Å². The topological polar surface area (TPSA) is 59.3 Å². The number of rotatable bonds is 4. The van der Waals surface area contributed by atoms with E-state index in [1.807, 2.05) is 24.3 Å². The lowest BCUT2D eigenvalue weighted by Crippen LogP contribution is -2.10. The van der Waals surface area contributed by atoms with Crippen molar-refractivity contribution >= 4 is 34.9 Å². The van der Waals surface area contributed by atoms with Crippen molar-refractivity contribution in [1.29, 1.82) is 0 Å². The van der Waals surface area contributed by atoms with Gasteiger partial charge in [-0.2, -0.15) is 0 Å². The zero-order chi connectivity index (χ0) is 17.9. The van der Waals surface area contributed by atoms with E-state index in [0.717, 1.165) is 9.75 Å². The Kier molecular flexibility index (Phi) is 4.28. The maximum atomic E-state index is 13.8. The van der Waals surface area contributed by atoms with E-state index in [0.29, 0.717) is 17.2 Å². The average molecular weight is 364 g/mol. The van der Waals surface area contributed by atoms with Gasteiger partial charge in [-0.25, -0.2) is 4.39 Å². The Morgan fingerprint density at radius 1 is 1.08 bits per heavy atom. The maximum Gasteiger partial charge on any atom is 0.250 e. The molecule has 1 aromatic carbocycles. The number of anilines is 1. The third kappa shape index (κ3) is 3.25. The Balaban J connectivity index is 1.48. The fourth-order valence-electron chi connectivity index (χ4n) is 2.48. The molecule has 3 heterocycles. The normalized spacial score (nSPS) is 11.3. The number of pyridine rings is 1. The predicted molar refractivity (Wildman–Crippen MR) is 100 cm³/mol. The third-order valence-corrected chi connectivity index (χ3v) is 4.80. The fourth-order valence-corrected chi connectivity index (χ4v) is 3.42. The molecule has 1 amide bonds. The zero-order valence-electron chi connectivity index (χ0n) is 13.5. The van der Waals surface area contributed by atoms with Crippen molar-refractivity contribution in [1.82, 2.24) is 14.6 Å². The average Bonchev–Trinajstić information content (AvgIpc) is 3.28. The summed E-state index contributed by atoms with van der Waals surface area (Å²) in [6, 6.07) is 15.8. The Hall–Kier alpha value is -3.32. The number of halogens is 1. The summed E-state index contributed by atoms with van der Waals surface area (Å²) < 4.78 is 15.5. The summed E-state index contributed by atoms with van der Waals surface area (Å²) >= 11 is 1.41. The van der Waals surface area contributed by atoms with E-state index in [1.54, 1.807) is 40.9 Å². The molecule has 0 atom stereocenters. The molecule has 1 N–H and O–H groups in total. The molecular weight excluding hydrogens is 351 g/mol. The van der Waals surface area contributed by atoms with Gasteiger partial charge in [0.1, 0.15) is 5.82 Å². The second-order valence-electron chi connectivity index (χ2n) is 5.46. The van der Waals surface area contributed by atoms with Gasteiger partial charge >= 0.3 is 0 Å². The van der Waals surface area contributed by atoms with E-state index in [1.165, 1.54) is 23.5 Å². The van der Waals surface area contributed by atoms with Crippen LogP contribution in [0, 0.1) is 5.82 Å². The smallest absolute Gasteiger partial charge is 0.250 e. The predicted octanol–water partition coefficient (Wildman–Crippen LogP) is 4.25. The van der Waals surface area contributed by atoms with E-state index >= 15 is 0 Å². The van der Waals surface area contributed by atoms with Gasteiger partial charge in [0.15, 0.2) is 5.65 Å². The number of hydrogen-bond acceptors (Lipinski definition) is 4. The number of fused-ring (bicyclic) bond motifs is 1. The van der Waals surface area contributed by atoms with Crippen molar-refractivity contribution in [2.75, 3.05) is 5.32 Å². The molecule has 4 aromatic rings. The zero-order valence-corrected chi connectivity index (χ0v) is 14.3. The van der Waals surface area contributed by atoms with Gasteiger partial charge in [-0.15, -0.1) is 21.5 Å². The van der Waals surface area contributed by atoms with Gasteiger partial charge in [0, 0.05) is 27.6 Å². The van der Waals surface area contributed by atoms with Crippen molar-refractivity contribution < 1.29 is 9.18 Å². The molecule has 7 heteroatoms. The van der Waals surface area contributed by atoms with Crippen LogP contribution in [-0.2, 0) is 4.79 Å². The number of nitrogens with zero attached hydrogens (tertiary/aromatic N) is 3. The molecule has 3 aromatic heterocycles. The summed E-state index contributed by atoms with van der Waals surface area (Å²) in [5.74, 6) is -0.223. The number of carbonyl (C=O) groups is 1. The number of carbonyl (C=O) groups excluding carboxylic acids is 1. The molecule has 0 radical (unpaired) electrons. The first kappa shape index (κ1) is 16.2. The van der Waals surface area contributed by atoms with Gasteiger partial charge in [-0.3, -0.25) is 14.5 Å². The number of hydrogen-bond donors (Lipinski definition) is 1. The van der Waals surface area contributed by atoms with Crippen LogP contribution in [0.15, 0.2) is 66.9 Å². The number of thiophene rings is 1. The molecule has 0 aliphatic heterocycles. The molecule has 0 saturated carbocycles. The number of amides is 1. The molecule has 0 unspecified atom stereocenters. The van der Waals surface area contributed by atoms with Crippen molar-refractivity contribution in [3.05, 3.63) is 77.6 Å². The van der Waals surface area contributed by atoms with Gasteiger partial charge in [0.25, 0.3) is 5.91 Å². The highest BCUT2D eigenvalue weighted by molar-refractivity contribution is 7.16. The fraction of sp³-hybridized carbons (Fsp3) is 0. The molecule has 0 spiro atoms. The van der Waals surface area contributed by atoms with Crippen molar-refractivity contribution in [2.45, 2.75) is 0 Å². The molecular formula is C19H13FN4OS. The van der Waals surface area contributed by atoms with Gasteiger partial charge in [-0.05, 0) is 36.4 Å². The lowest BCUT2D eigenvalue weighted by molar-refractivity contribution is -0.111. The first-order valence-corrected chi connectivity index (χ1v) is 8.66. The molecule has 128 valence electrons. The second-order valence-corrected chi connectivity index (χ2v) is 6.57. The second kappa shape index (κ2) is 6.89. The lowest BCUT2D eigenvalue weighted by atomic mass is 10.2. The molecule has 0 fully saturated rings. The highest BCUT2D eigenvalue weighted by atomic mass is 32.1. The Labute approximate surface area is 152 Å². The minimum absolute atomic E-state index is 0.263. The third-order valence-electron chi connectivity index (χ3n) is 3.71. The molecule has 4 rings (SSSR count). The van der Waals surface area contributed by atoms with E-state index in [2.05, 4.69) is 15.5 Å². The minimum atomic E-state index is -0.316. The monoisotopic (exact) mass is 364 g/mol. The first-order chi connectivity index (χ1) is 12.7. The maximum absolute atomic E-state index is 13.8. The van der Waals surface area contributed by atoms with Gasteiger partial charge in [0.2, 0.25) is 5.95 Å². The summed E-state index contributed by atoms with van der Waals surface area (Å²) in [6.07, 6.45) is 4.88. The Bertz CT molecular complexity index is 1120. The molecule has 0 aliphatic carbocycles. The van der Waals surface area contributed by atoms with Crippen LogP contribution in [0.2, 0.25) is 0 Å². The van der Waals surface area contributed by atoms with Crippen LogP contribution in [0.1, 0.15) is 4.88 Å². The van der Waals surface area contributed by atoms with Crippen LogP contribution >= 0.6 is 11.3 Å². The van der Waals surface area contributed by atoms with Crippen molar-refractivity contribution in [2.24, 2.45) is 0 Å². The van der Waals surface area contributed by atoms with E-state index in [9.17, 15) is 9.18 Å². The van der Waals surface area contributed by atoms with E-state index in [4.69, 9.17) is 0 Å².